The smallest absolute Gasteiger partial charge is 0.278 e. The maximum Gasteiger partial charge on any atom is 0.278 e. The van der Waals surface area contributed by atoms with E-state index >= 15 is 0 Å². The van der Waals surface area contributed by atoms with Crippen LogP contribution in [0.25, 0.3) is 0 Å². The van der Waals surface area contributed by atoms with E-state index in [4.69, 9.17) is 0 Å². The van der Waals surface area contributed by atoms with E-state index in [2.05, 4.69) is 10.3 Å². The van der Waals surface area contributed by atoms with Crippen molar-refractivity contribution >= 4 is 11.7 Å². The molecule has 1 amide bonds. The van der Waals surface area contributed by atoms with Crippen LogP contribution in [0.1, 0.15) is 26.3 Å². The van der Waals surface area contributed by atoms with E-state index in [9.17, 15) is 20.2 Å². The first-order chi connectivity index (χ1) is 11.3. The highest BCUT2D eigenvalue weighted by Crippen LogP contribution is 2.26. The Morgan fingerprint density at radius 2 is 1.96 bits per heavy atom. The molecule has 2 rings (SSSR count). The van der Waals surface area contributed by atoms with Gasteiger partial charge < -0.3 is 15.5 Å². The first-order valence-corrected chi connectivity index (χ1v) is 7.57. The van der Waals surface area contributed by atoms with Gasteiger partial charge in [0.2, 0.25) is 0 Å². The number of amidine groups is 1. The van der Waals surface area contributed by atoms with Gasteiger partial charge in [-0.1, -0.05) is 11.6 Å². The van der Waals surface area contributed by atoms with Crippen LogP contribution < -0.4 is 5.32 Å². The molecule has 0 aliphatic carbocycles. The number of carbonyl (C=O) groups excluding carboxylic acids is 1. The second-order valence-electron chi connectivity index (χ2n) is 5.56. The van der Waals surface area contributed by atoms with Gasteiger partial charge >= 0.3 is 0 Å². The highest BCUT2D eigenvalue weighted by molar-refractivity contribution is 6.15. The topological polar surface area (TPSA) is 105 Å². The summed E-state index contributed by atoms with van der Waals surface area (Å²) in [6, 6.07) is 4.50. The van der Waals surface area contributed by atoms with Crippen LogP contribution in [0.4, 0.5) is 0 Å². The van der Waals surface area contributed by atoms with Crippen LogP contribution in [-0.4, -0.2) is 38.8 Å². The fourth-order valence-corrected chi connectivity index (χ4v) is 2.39. The third-order valence-corrected chi connectivity index (χ3v) is 3.50. The summed E-state index contributed by atoms with van der Waals surface area (Å²) in [5, 5.41) is 32.5. The molecule has 0 atom stereocenters. The predicted octanol–water partition coefficient (Wildman–Crippen LogP) is 2.06. The number of aliphatic imine (C=N–C) groups is 1. The fourth-order valence-electron chi connectivity index (χ4n) is 2.39. The van der Waals surface area contributed by atoms with Crippen LogP contribution in [0.2, 0.25) is 0 Å². The molecule has 0 aromatic heterocycles. The Balaban J connectivity index is 2.31. The Morgan fingerprint density at radius 1 is 1.25 bits per heavy atom. The van der Waals surface area contributed by atoms with Gasteiger partial charge in [-0.3, -0.25) is 15.0 Å². The number of carbonyl (C=O) groups is 1. The lowest BCUT2D eigenvalue weighted by molar-refractivity contribution is -0.143. The number of hydroxylamine groups is 2. The van der Waals surface area contributed by atoms with Gasteiger partial charge in [-0.15, -0.1) is 0 Å². The summed E-state index contributed by atoms with van der Waals surface area (Å²) < 4.78 is 0. The van der Waals surface area contributed by atoms with Crippen molar-refractivity contribution in [3.05, 3.63) is 46.7 Å². The number of nitrogens with zero attached hydrogens (tertiary/aromatic N) is 2. The minimum absolute atomic E-state index is 0.191. The van der Waals surface area contributed by atoms with Crippen molar-refractivity contribution in [2.45, 2.75) is 27.3 Å². The normalized spacial score (nSPS) is 16.4. The maximum atomic E-state index is 12.0. The van der Waals surface area contributed by atoms with Crippen molar-refractivity contribution < 1.29 is 20.2 Å². The van der Waals surface area contributed by atoms with Gasteiger partial charge in [0, 0.05) is 24.7 Å². The van der Waals surface area contributed by atoms with Crippen LogP contribution in [0.3, 0.4) is 0 Å². The van der Waals surface area contributed by atoms with Gasteiger partial charge in [-0.25, -0.2) is 0 Å². The van der Waals surface area contributed by atoms with Gasteiger partial charge in [0.15, 0.2) is 17.3 Å². The molecule has 1 aliphatic rings. The molecule has 0 radical (unpaired) electrons. The Bertz CT molecular complexity index is 746. The van der Waals surface area contributed by atoms with Crippen LogP contribution in [-0.2, 0) is 11.3 Å². The quantitative estimate of drug-likeness (QED) is 0.499. The summed E-state index contributed by atoms with van der Waals surface area (Å²) in [4.78, 5) is 16.2. The van der Waals surface area contributed by atoms with Gasteiger partial charge in [-0.05, 0) is 38.5 Å². The summed E-state index contributed by atoms with van der Waals surface area (Å²) >= 11 is 0. The summed E-state index contributed by atoms with van der Waals surface area (Å²) in [7, 11) is 0. The first-order valence-electron chi connectivity index (χ1n) is 7.57. The molecular formula is C17H21N3O4. The van der Waals surface area contributed by atoms with Crippen LogP contribution >= 0.6 is 0 Å². The SMILES string of the molecule is CCN=C1C(=C(C)C)C(NCc2ccc(O)c(O)c2)=CC(=O)N1O. The molecule has 4 N–H and O–H groups in total. The molecule has 0 fully saturated rings. The Morgan fingerprint density at radius 3 is 2.54 bits per heavy atom. The number of hydrogen-bond donors (Lipinski definition) is 4. The number of allylic oxidation sites excluding steroid dienone is 1. The lowest BCUT2D eigenvalue weighted by Gasteiger charge is -2.27. The molecule has 128 valence electrons. The number of aromatic hydroxyl groups is 2. The number of nitrogens with one attached hydrogen (secondary N) is 1. The Kier molecular flexibility index (Phi) is 5.25. The summed E-state index contributed by atoms with van der Waals surface area (Å²) in [5.41, 5.74) is 2.82. The highest BCUT2D eigenvalue weighted by atomic mass is 16.5. The number of phenolic OH excluding ortho intramolecular Hbond substituents is 2. The molecule has 1 heterocycles. The minimum Gasteiger partial charge on any atom is -0.504 e. The molecule has 0 unspecified atom stereocenters. The minimum atomic E-state index is -0.580. The molecule has 0 spiro atoms. The molecule has 7 heteroatoms. The number of hydrogen-bond acceptors (Lipinski definition) is 6. The summed E-state index contributed by atoms with van der Waals surface area (Å²) in [6.45, 7) is 6.31. The van der Waals surface area contributed by atoms with Crippen molar-refractivity contribution in [1.29, 1.82) is 0 Å². The standard InChI is InChI=1S/C17H21N3O4/c1-4-18-17-16(10(2)3)12(8-15(23)20(17)24)19-9-11-5-6-13(21)14(22)7-11/h5-8,19,21-22,24H,4,9H2,1-3H3. The first kappa shape index (κ1) is 17.6. The van der Waals surface area contributed by atoms with Crippen molar-refractivity contribution in [3.63, 3.8) is 0 Å². The largest absolute Gasteiger partial charge is 0.504 e. The third kappa shape index (κ3) is 3.57. The lowest BCUT2D eigenvalue weighted by Crippen LogP contribution is -2.41. The molecule has 1 aliphatic heterocycles. The summed E-state index contributed by atoms with van der Waals surface area (Å²) in [6.07, 6.45) is 1.30. The Labute approximate surface area is 140 Å². The summed E-state index contributed by atoms with van der Waals surface area (Å²) in [5.74, 6) is -0.770. The molecule has 1 aromatic rings. The van der Waals surface area contributed by atoms with Crippen LogP contribution in [0.15, 0.2) is 46.1 Å². The zero-order chi connectivity index (χ0) is 17.9. The number of rotatable bonds is 4. The van der Waals surface area contributed by atoms with Gasteiger partial charge in [0.05, 0.1) is 5.70 Å². The highest BCUT2D eigenvalue weighted by Gasteiger charge is 2.29. The van der Waals surface area contributed by atoms with Crippen molar-refractivity contribution in [3.8, 4) is 11.5 Å². The molecule has 0 bridgehead atoms. The van der Waals surface area contributed by atoms with E-state index in [0.29, 0.717) is 29.4 Å². The van der Waals surface area contributed by atoms with Crippen molar-refractivity contribution in [2.75, 3.05) is 6.54 Å². The maximum absolute atomic E-state index is 12.0. The van der Waals surface area contributed by atoms with Crippen molar-refractivity contribution in [2.24, 2.45) is 4.99 Å². The van der Waals surface area contributed by atoms with E-state index in [0.717, 1.165) is 11.1 Å². The van der Waals surface area contributed by atoms with Gasteiger partial charge in [0.1, 0.15) is 0 Å². The Hall–Kier alpha value is -2.80. The lowest BCUT2D eigenvalue weighted by atomic mass is 10.0. The van der Waals surface area contributed by atoms with Crippen LogP contribution in [0.5, 0.6) is 11.5 Å². The fraction of sp³-hybridized carbons (Fsp3) is 0.294. The second kappa shape index (κ2) is 7.18. The van der Waals surface area contributed by atoms with E-state index in [-0.39, 0.29) is 17.3 Å². The third-order valence-electron chi connectivity index (χ3n) is 3.50. The van der Waals surface area contributed by atoms with Crippen molar-refractivity contribution in [1.82, 2.24) is 10.4 Å². The predicted molar refractivity (Wildman–Crippen MR) is 89.7 cm³/mol. The average Bonchev–Trinajstić information content (AvgIpc) is 2.53. The zero-order valence-electron chi connectivity index (χ0n) is 13.9. The van der Waals surface area contributed by atoms with E-state index in [1.54, 1.807) is 6.07 Å². The van der Waals surface area contributed by atoms with E-state index in [1.165, 1.54) is 18.2 Å². The van der Waals surface area contributed by atoms with E-state index in [1.807, 2.05) is 20.8 Å². The van der Waals surface area contributed by atoms with Crippen LogP contribution in [0, 0.1) is 0 Å². The van der Waals surface area contributed by atoms with E-state index < -0.39 is 5.91 Å². The van der Waals surface area contributed by atoms with Gasteiger partial charge in [-0.2, -0.15) is 5.06 Å². The second-order valence-corrected chi connectivity index (χ2v) is 5.56. The zero-order valence-corrected chi connectivity index (χ0v) is 13.9. The average molecular weight is 331 g/mol. The number of benzene rings is 1. The molecule has 24 heavy (non-hydrogen) atoms. The molecule has 7 nitrogen and oxygen atoms in total. The molecular weight excluding hydrogens is 310 g/mol. The van der Waals surface area contributed by atoms with Gasteiger partial charge in [0.25, 0.3) is 5.91 Å². The monoisotopic (exact) mass is 331 g/mol. The molecule has 1 aromatic carbocycles. The number of phenols is 2. The number of amides is 1. The molecule has 0 saturated heterocycles. The molecule has 0 saturated carbocycles.